The summed E-state index contributed by atoms with van der Waals surface area (Å²) in [5, 5.41) is 0. The molecule has 0 unspecified atom stereocenters. The third-order valence-electron chi connectivity index (χ3n) is 2.39. The zero-order valence-corrected chi connectivity index (χ0v) is 11.7. The third-order valence-corrected chi connectivity index (χ3v) is 2.39. The van der Waals surface area contributed by atoms with Crippen LogP contribution in [0.3, 0.4) is 0 Å². The second kappa shape index (κ2) is 10.8. The molecule has 0 amide bonds. The maximum Gasteiger partial charge on any atom is 0.333 e. The highest BCUT2D eigenvalue weighted by Gasteiger charge is 2.07. The molecule has 0 spiro atoms. The van der Waals surface area contributed by atoms with Crippen molar-refractivity contribution < 1.29 is 19.1 Å². The average molecular weight is 256 g/mol. The third kappa shape index (κ3) is 8.79. The normalized spacial score (nSPS) is 11.2. The fraction of sp³-hybridized carbons (Fsp3) is 0.714. The molecule has 0 aliphatic rings. The largest absolute Gasteiger partial charge is 0.465 e. The van der Waals surface area contributed by atoms with E-state index in [-0.39, 0.29) is 18.4 Å². The summed E-state index contributed by atoms with van der Waals surface area (Å²) in [6.45, 7) is 6.59. The van der Waals surface area contributed by atoms with Crippen LogP contribution in [0.1, 0.15) is 52.9 Å². The number of unbranched alkanes of at least 4 members (excludes halogenated alkanes) is 2. The van der Waals surface area contributed by atoms with E-state index < -0.39 is 0 Å². The summed E-state index contributed by atoms with van der Waals surface area (Å²) in [6, 6.07) is 0. The van der Waals surface area contributed by atoms with E-state index in [9.17, 15) is 9.59 Å². The molecule has 0 atom stereocenters. The topological polar surface area (TPSA) is 52.6 Å². The molecule has 0 heterocycles. The molecule has 0 saturated heterocycles. The lowest BCUT2D eigenvalue weighted by Crippen LogP contribution is -2.09. The summed E-state index contributed by atoms with van der Waals surface area (Å²) in [5.41, 5.74) is 0.457. The van der Waals surface area contributed by atoms with Crippen LogP contribution in [0.2, 0.25) is 0 Å². The van der Waals surface area contributed by atoms with Crippen molar-refractivity contribution in [3.63, 3.8) is 0 Å². The molecule has 0 fully saturated rings. The first-order valence-electron chi connectivity index (χ1n) is 6.61. The van der Waals surface area contributed by atoms with Crippen LogP contribution in [0, 0.1) is 0 Å². The fourth-order valence-corrected chi connectivity index (χ4v) is 1.13. The van der Waals surface area contributed by atoms with Gasteiger partial charge < -0.3 is 9.47 Å². The molecule has 4 nitrogen and oxygen atoms in total. The zero-order valence-electron chi connectivity index (χ0n) is 11.7. The SMILES string of the molecule is CCCCOC(=O)C/C=C(\C)C(=O)OCCCC. The van der Waals surface area contributed by atoms with Gasteiger partial charge in [-0.25, -0.2) is 4.79 Å². The van der Waals surface area contributed by atoms with Gasteiger partial charge in [-0.3, -0.25) is 4.79 Å². The lowest BCUT2D eigenvalue weighted by molar-refractivity contribution is -0.142. The number of hydrogen-bond acceptors (Lipinski definition) is 4. The second-order valence-corrected chi connectivity index (χ2v) is 4.15. The number of hydrogen-bond donors (Lipinski definition) is 0. The van der Waals surface area contributed by atoms with Crippen LogP contribution >= 0.6 is 0 Å². The minimum Gasteiger partial charge on any atom is -0.465 e. The molecular formula is C14H24O4. The Morgan fingerprint density at radius 2 is 1.56 bits per heavy atom. The average Bonchev–Trinajstić information content (AvgIpc) is 2.36. The van der Waals surface area contributed by atoms with E-state index in [1.54, 1.807) is 13.0 Å². The Labute approximate surface area is 109 Å². The number of carbonyl (C=O) groups is 2. The van der Waals surface area contributed by atoms with E-state index in [2.05, 4.69) is 0 Å². The molecule has 0 aromatic carbocycles. The highest BCUT2D eigenvalue weighted by molar-refractivity contribution is 5.88. The van der Waals surface area contributed by atoms with Gasteiger partial charge in [0, 0.05) is 5.57 Å². The van der Waals surface area contributed by atoms with Crippen LogP contribution in [0.5, 0.6) is 0 Å². The summed E-state index contributed by atoms with van der Waals surface area (Å²) in [6.07, 6.45) is 5.39. The van der Waals surface area contributed by atoms with Crippen LogP contribution < -0.4 is 0 Å². The Kier molecular flexibility index (Phi) is 10.0. The predicted molar refractivity (Wildman–Crippen MR) is 70.1 cm³/mol. The number of carbonyl (C=O) groups excluding carboxylic acids is 2. The van der Waals surface area contributed by atoms with E-state index >= 15 is 0 Å². The van der Waals surface area contributed by atoms with Crippen LogP contribution in [0.15, 0.2) is 11.6 Å². The van der Waals surface area contributed by atoms with E-state index in [1.165, 1.54) is 0 Å². The molecule has 0 aromatic heterocycles. The molecule has 4 heteroatoms. The summed E-state index contributed by atoms with van der Waals surface area (Å²) < 4.78 is 9.99. The Morgan fingerprint density at radius 3 is 2.11 bits per heavy atom. The first kappa shape index (κ1) is 16.7. The van der Waals surface area contributed by atoms with Gasteiger partial charge in [0.2, 0.25) is 0 Å². The van der Waals surface area contributed by atoms with Crippen molar-refractivity contribution in [2.75, 3.05) is 13.2 Å². The maximum atomic E-state index is 11.4. The van der Waals surface area contributed by atoms with Gasteiger partial charge in [-0.15, -0.1) is 0 Å². The van der Waals surface area contributed by atoms with Gasteiger partial charge in [0.1, 0.15) is 0 Å². The smallest absolute Gasteiger partial charge is 0.333 e. The highest BCUT2D eigenvalue weighted by Crippen LogP contribution is 2.02. The Morgan fingerprint density at radius 1 is 1.00 bits per heavy atom. The van der Waals surface area contributed by atoms with Gasteiger partial charge in [-0.05, 0) is 19.8 Å². The van der Waals surface area contributed by atoms with Crippen molar-refractivity contribution >= 4 is 11.9 Å². The zero-order chi connectivity index (χ0) is 13.8. The second-order valence-electron chi connectivity index (χ2n) is 4.15. The quantitative estimate of drug-likeness (QED) is 0.361. The van der Waals surface area contributed by atoms with Gasteiger partial charge in [0.05, 0.1) is 19.6 Å². The number of ether oxygens (including phenoxy) is 2. The van der Waals surface area contributed by atoms with Crippen molar-refractivity contribution in [1.82, 2.24) is 0 Å². The van der Waals surface area contributed by atoms with E-state index in [4.69, 9.17) is 9.47 Å². The van der Waals surface area contributed by atoms with Gasteiger partial charge in [-0.1, -0.05) is 32.8 Å². The molecule has 0 aliphatic heterocycles. The standard InChI is InChI=1S/C14H24O4/c1-4-6-10-17-13(15)9-8-12(3)14(16)18-11-7-5-2/h8H,4-7,9-11H2,1-3H3/b12-8+. The van der Waals surface area contributed by atoms with E-state index in [0.717, 1.165) is 25.7 Å². The molecule has 0 bridgehead atoms. The predicted octanol–water partition coefficient (Wildman–Crippen LogP) is 3.01. The van der Waals surface area contributed by atoms with E-state index in [1.807, 2.05) is 13.8 Å². The van der Waals surface area contributed by atoms with Crippen molar-refractivity contribution in [2.45, 2.75) is 52.9 Å². The monoisotopic (exact) mass is 256 g/mol. The maximum absolute atomic E-state index is 11.4. The molecule has 0 aliphatic carbocycles. The minimum atomic E-state index is -0.357. The number of esters is 2. The van der Waals surface area contributed by atoms with Gasteiger partial charge in [0.25, 0.3) is 0 Å². The molecule has 0 saturated carbocycles. The molecule has 18 heavy (non-hydrogen) atoms. The molecule has 0 radical (unpaired) electrons. The number of rotatable bonds is 9. The van der Waals surface area contributed by atoms with Gasteiger partial charge in [0.15, 0.2) is 0 Å². The van der Waals surface area contributed by atoms with Crippen LogP contribution in [-0.4, -0.2) is 25.2 Å². The van der Waals surface area contributed by atoms with Crippen LogP contribution in [0.25, 0.3) is 0 Å². The molecule has 0 rings (SSSR count). The molecule has 104 valence electrons. The lowest BCUT2D eigenvalue weighted by atomic mass is 10.2. The van der Waals surface area contributed by atoms with E-state index in [0.29, 0.717) is 18.8 Å². The highest BCUT2D eigenvalue weighted by atomic mass is 16.5. The van der Waals surface area contributed by atoms with Gasteiger partial charge in [-0.2, -0.15) is 0 Å². The summed E-state index contributed by atoms with van der Waals surface area (Å²) in [7, 11) is 0. The van der Waals surface area contributed by atoms with Crippen molar-refractivity contribution in [2.24, 2.45) is 0 Å². The Hall–Kier alpha value is -1.32. The Bertz CT molecular complexity index is 282. The fourth-order valence-electron chi connectivity index (χ4n) is 1.13. The van der Waals surface area contributed by atoms with Crippen LogP contribution in [-0.2, 0) is 19.1 Å². The van der Waals surface area contributed by atoms with Crippen molar-refractivity contribution in [3.8, 4) is 0 Å². The Balaban J connectivity index is 3.87. The first-order chi connectivity index (χ1) is 8.61. The van der Waals surface area contributed by atoms with Crippen molar-refractivity contribution in [1.29, 1.82) is 0 Å². The van der Waals surface area contributed by atoms with Crippen LogP contribution in [0.4, 0.5) is 0 Å². The summed E-state index contributed by atoms with van der Waals surface area (Å²) in [5.74, 6) is -0.658. The van der Waals surface area contributed by atoms with Crippen molar-refractivity contribution in [3.05, 3.63) is 11.6 Å². The molecule has 0 N–H and O–H groups in total. The minimum absolute atomic E-state index is 0.123. The molecular weight excluding hydrogens is 232 g/mol. The summed E-state index contributed by atoms with van der Waals surface area (Å²) >= 11 is 0. The first-order valence-corrected chi connectivity index (χ1v) is 6.61. The summed E-state index contributed by atoms with van der Waals surface area (Å²) in [4.78, 5) is 22.7. The van der Waals surface area contributed by atoms with Gasteiger partial charge >= 0.3 is 11.9 Å². The lowest BCUT2D eigenvalue weighted by Gasteiger charge is -2.04. The molecule has 0 aromatic rings.